The highest BCUT2D eigenvalue weighted by Crippen LogP contribution is 2.41. The first kappa shape index (κ1) is 6.65. The Hall–Kier alpha value is -1.05. The molecule has 58 valence electrons. The highest BCUT2D eigenvalue weighted by atomic mass is 16.3. The largest absolute Gasteiger partial charge is 0.465 e. The molecule has 0 bridgehead atoms. The first-order chi connectivity index (χ1) is 5.31. The Morgan fingerprint density at radius 2 is 2.36 bits per heavy atom. The molecule has 1 aromatic heterocycles. The molecule has 0 aliphatic heterocycles. The van der Waals surface area contributed by atoms with Crippen molar-refractivity contribution in [1.82, 2.24) is 0 Å². The Balaban J connectivity index is 2.35. The zero-order chi connectivity index (χ0) is 7.84. The molecule has 0 spiro atoms. The topological polar surface area (TPSA) is 30.2 Å². The van der Waals surface area contributed by atoms with Crippen LogP contribution < -0.4 is 0 Å². The second-order valence-electron chi connectivity index (χ2n) is 3.05. The molecule has 0 N–H and O–H groups in total. The Morgan fingerprint density at radius 1 is 1.64 bits per heavy atom. The average molecular weight is 150 g/mol. The standard InChI is InChI=1S/C9H10O2/c1-6-8(5-10)4-9(11-6)7-2-3-7/h4-5,7H,2-3H2,1H3. The SMILES string of the molecule is Cc1oc(C2CC2)cc1C=O. The predicted molar refractivity (Wildman–Crippen MR) is 40.8 cm³/mol. The van der Waals surface area contributed by atoms with Gasteiger partial charge < -0.3 is 4.42 Å². The molecule has 1 aliphatic rings. The fourth-order valence-corrected chi connectivity index (χ4v) is 1.21. The summed E-state index contributed by atoms with van der Waals surface area (Å²) in [6, 6.07) is 1.86. The molecule has 2 rings (SSSR count). The Labute approximate surface area is 65.2 Å². The lowest BCUT2D eigenvalue weighted by Crippen LogP contribution is -1.74. The minimum atomic E-state index is 0.599. The van der Waals surface area contributed by atoms with Crippen LogP contribution in [0.1, 0.15) is 40.6 Å². The van der Waals surface area contributed by atoms with Crippen LogP contribution in [0.25, 0.3) is 0 Å². The zero-order valence-electron chi connectivity index (χ0n) is 6.46. The van der Waals surface area contributed by atoms with Crippen LogP contribution in [0.5, 0.6) is 0 Å². The minimum Gasteiger partial charge on any atom is -0.465 e. The van der Waals surface area contributed by atoms with Crippen molar-refractivity contribution in [3.8, 4) is 0 Å². The molecule has 0 unspecified atom stereocenters. The van der Waals surface area contributed by atoms with Crippen molar-refractivity contribution < 1.29 is 9.21 Å². The van der Waals surface area contributed by atoms with Crippen LogP contribution in [0.2, 0.25) is 0 Å². The van der Waals surface area contributed by atoms with Crippen molar-refractivity contribution in [2.75, 3.05) is 0 Å². The number of carbonyl (C=O) groups is 1. The average Bonchev–Trinajstić information content (AvgIpc) is 2.76. The summed E-state index contributed by atoms with van der Waals surface area (Å²) in [5.41, 5.74) is 0.701. The molecule has 0 saturated heterocycles. The second kappa shape index (κ2) is 2.22. The molecule has 0 radical (unpaired) electrons. The molecule has 0 amide bonds. The summed E-state index contributed by atoms with van der Waals surface area (Å²) in [5, 5.41) is 0. The lowest BCUT2D eigenvalue weighted by Gasteiger charge is -1.85. The van der Waals surface area contributed by atoms with Gasteiger partial charge >= 0.3 is 0 Å². The lowest BCUT2D eigenvalue weighted by atomic mass is 10.2. The van der Waals surface area contributed by atoms with E-state index in [9.17, 15) is 4.79 Å². The van der Waals surface area contributed by atoms with Crippen molar-refractivity contribution in [3.63, 3.8) is 0 Å². The summed E-state index contributed by atoms with van der Waals surface area (Å²) in [4.78, 5) is 10.4. The van der Waals surface area contributed by atoms with Gasteiger partial charge in [-0.3, -0.25) is 4.79 Å². The van der Waals surface area contributed by atoms with E-state index in [2.05, 4.69) is 0 Å². The molecule has 1 heterocycles. The number of hydrogen-bond acceptors (Lipinski definition) is 2. The van der Waals surface area contributed by atoms with E-state index in [0.717, 1.165) is 17.8 Å². The number of rotatable bonds is 2. The first-order valence-electron chi connectivity index (χ1n) is 3.87. The van der Waals surface area contributed by atoms with Gasteiger partial charge in [0.25, 0.3) is 0 Å². The zero-order valence-corrected chi connectivity index (χ0v) is 6.46. The number of carbonyl (C=O) groups excluding carboxylic acids is 1. The smallest absolute Gasteiger partial charge is 0.153 e. The maximum absolute atomic E-state index is 10.4. The molecule has 2 heteroatoms. The van der Waals surface area contributed by atoms with Gasteiger partial charge in [-0.25, -0.2) is 0 Å². The molecular formula is C9H10O2. The van der Waals surface area contributed by atoms with Gasteiger partial charge in [-0.1, -0.05) is 0 Å². The summed E-state index contributed by atoms with van der Waals surface area (Å²) >= 11 is 0. The number of furan rings is 1. The van der Waals surface area contributed by atoms with E-state index in [0.29, 0.717) is 11.5 Å². The van der Waals surface area contributed by atoms with Crippen LogP contribution in [0.3, 0.4) is 0 Å². The minimum absolute atomic E-state index is 0.599. The summed E-state index contributed by atoms with van der Waals surface area (Å²) in [5.74, 6) is 2.34. The van der Waals surface area contributed by atoms with E-state index in [4.69, 9.17) is 4.42 Å². The van der Waals surface area contributed by atoms with E-state index >= 15 is 0 Å². The molecule has 11 heavy (non-hydrogen) atoms. The molecule has 1 fully saturated rings. The monoisotopic (exact) mass is 150 g/mol. The van der Waals surface area contributed by atoms with E-state index in [-0.39, 0.29) is 0 Å². The summed E-state index contributed by atoms with van der Waals surface area (Å²) in [6.45, 7) is 1.83. The molecule has 0 atom stereocenters. The normalized spacial score (nSPS) is 16.8. The second-order valence-corrected chi connectivity index (χ2v) is 3.05. The van der Waals surface area contributed by atoms with Gasteiger partial charge in [0.2, 0.25) is 0 Å². The number of aryl methyl sites for hydroxylation is 1. The van der Waals surface area contributed by atoms with Crippen LogP contribution in [-0.4, -0.2) is 6.29 Å². The van der Waals surface area contributed by atoms with Gasteiger partial charge in [-0.2, -0.15) is 0 Å². The summed E-state index contributed by atoms with van der Waals surface area (Å²) in [6.07, 6.45) is 3.28. The fraction of sp³-hybridized carbons (Fsp3) is 0.444. The van der Waals surface area contributed by atoms with Crippen LogP contribution in [0.15, 0.2) is 10.5 Å². The maximum Gasteiger partial charge on any atom is 0.153 e. The van der Waals surface area contributed by atoms with Gasteiger partial charge in [-0.15, -0.1) is 0 Å². The third-order valence-electron chi connectivity index (χ3n) is 2.08. The summed E-state index contributed by atoms with van der Waals surface area (Å²) in [7, 11) is 0. The van der Waals surface area contributed by atoms with Gasteiger partial charge in [0.15, 0.2) is 6.29 Å². The highest BCUT2D eigenvalue weighted by molar-refractivity contribution is 5.76. The Kier molecular flexibility index (Phi) is 1.34. The number of aldehydes is 1. The van der Waals surface area contributed by atoms with Gasteiger partial charge in [0.1, 0.15) is 11.5 Å². The molecule has 2 nitrogen and oxygen atoms in total. The third kappa shape index (κ3) is 1.09. The lowest BCUT2D eigenvalue weighted by molar-refractivity contribution is 0.112. The Bertz CT molecular complexity index is 282. The van der Waals surface area contributed by atoms with Crippen molar-refractivity contribution in [3.05, 3.63) is 23.2 Å². The van der Waals surface area contributed by atoms with Crippen LogP contribution in [0.4, 0.5) is 0 Å². The first-order valence-corrected chi connectivity index (χ1v) is 3.87. The van der Waals surface area contributed by atoms with Crippen molar-refractivity contribution >= 4 is 6.29 Å². The maximum atomic E-state index is 10.4. The van der Waals surface area contributed by atoms with Crippen molar-refractivity contribution in [2.24, 2.45) is 0 Å². The molecule has 1 aliphatic carbocycles. The molecule has 0 aromatic carbocycles. The molecule has 1 aromatic rings. The molecule has 1 saturated carbocycles. The van der Waals surface area contributed by atoms with Gasteiger partial charge in [-0.05, 0) is 25.8 Å². The van der Waals surface area contributed by atoms with E-state index in [1.807, 2.05) is 13.0 Å². The third-order valence-corrected chi connectivity index (χ3v) is 2.08. The Morgan fingerprint density at radius 3 is 2.82 bits per heavy atom. The van der Waals surface area contributed by atoms with Gasteiger partial charge in [0, 0.05) is 5.92 Å². The highest BCUT2D eigenvalue weighted by Gasteiger charge is 2.27. The van der Waals surface area contributed by atoms with E-state index in [1.165, 1.54) is 12.8 Å². The quantitative estimate of drug-likeness (QED) is 0.605. The predicted octanol–water partition coefficient (Wildman–Crippen LogP) is 2.28. The van der Waals surface area contributed by atoms with Crippen molar-refractivity contribution in [1.29, 1.82) is 0 Å². The summed E-state index contributed by atoms with van der Waals surface area (Å²) < 4.78 is 5.40. The van der Waals surface area contributed by atoms with E-state index < -0.39 is 0 Å². The van der Waals surface area contributed by atoms with Crippen LogP contribution in [-0.2, 0) is 0 Å². The number of hydrogen-bond donors (Lipinski definition) is 0. The van der Waals surface area contributed by atoms with Crippen LogP contribution in [0, 0.1) is 6.92 Å². The van der Waals surface area contributed by atoms with Crippen LogP contribution >= 0.6 is 0 Å². The van der Waals surface area contributed by atoms with Crippen molar-refractivity contribution in [2.45, 2.75) is 25.7 Å². The fourth-order valence-electron chi connectivity index (χ4n) is 1.21. The molecular weight excluding hydrogens is 140 g/mol. The van der Waals surface area contributed by atoms with Gasteiger partial charge in [0.05, 0.1) is 5.56 Å². The van der Waals surface area contributed by atoms with E-state index in [1.54, 1.807) is 0 Å².